The summed E-state index contributed by atoms with van der Waals surface area (Å²) in [4.78, 5) is 5.32. The monoisotopic (exact) mass is 283 g/mol. The predicted molar refractivity (Wildman–Crippen MR) is 76.8 cm³/mol. The Balaban J connectivity index is 2.24. The quantitative estimate of drug-likeness (QED) is 0.881. The van der Waals surface area contributed by atoms with Crippen LogP contribution in [0.4, 0.5) is 0 Å². The topological polar surface area (TPSA) is 58.8 Å². The first kappa shape index (κ1) is 14.3. The van der Waals surface area contributed by atoms with Crippen LogP contribution >= 0.6 is 11.3 Å². The van der Waals surface area contributed by atoms with Crippen LogP contribution < -0.4 is 10.1 Å². The lowest BCUT2D eigenvalue weighted by Crippen LogP contribution is -2.55. The molecule has 2 rings (SSSR count). The van der Waals surface area contributed by atoms with Crippen LogP contribution in [0.2, 0.25) is 0 Å². The lowest BCUT2D eigenvalue weighted by Gasteiger charge is -2.38. The number of hydrogen-bond acceptors (Lipinski definition) is 5. The van der Waals surface area contributed by atoms with E-state index in [0.717, 1.165) is 10.7 Å². The van der Waals surface area contributed by atoms with Crippen LogP contribution in [0.1, 0.15) is 33.4 Å². The van der Waals surface area contributed by atoms with Crippen molar-refractivity contribution in [1.29, 1.82) is 0 Å². The first-order valence-electron chi connectivity index (χ1n) is 6.22. The van der Waals surface area contributed by atoms with Crippen molar-refractivity contribution in [1.82, 2.24) is 14.7 Å². The summed E-state index contributed by atoms with van der Waals surface area (Å²) in [6, 6.07) is 0. The van der Waals surface area contributed by atoms with Gasteiger partial charge in [-0.1, -0.05) is 0 Å². The molecule has 2 aromatic rings. The van der Waals surface area contributed by atoms with Crippen LogP contribution in [0.25, 0.3) is 4.96 Å². The number of aromatic nitrogens is 2. The summed E-state index contributed by atoms with van der Waals surface area (Å²) in [6.07, 6.45) is 1.98. The maximum Gasteiger partial charge on any atom is 0.237 e. The fraction of sp³-hybridized carbons (Fsp3) is 0.615. The molecular formula is C13H21N3O2S. The zero-order chi connectivity index (χ0) is 14.3. The molecule has 5 nitrogen and oxygen atoms in total. The van der Waals surface area contributed by atoms with Crippen molar-refractivity contribution in [2.45, 2.75) is 45.4 Å². The zero-order valence-electron chi connectivity index (χ0n) is 12.0. The largest absolute Gasteiger partial charge is 0.480 e. The normalized spacial score (nSPS) is 13.2. The van der Waals surface area contributed by atoms with Gasteiger partial charge < -0.3 is 15.2 Å². The maximum atomic E-state index is 10.2. The summed E-state index contributed by atoms with van der Waals surface area (Å²) < 4.78 is 7.32. The molecule has 0 spiro atoms. The van der Waals surface area contributed by atoms with E-state index in [1.165, 1.54) is 0 Å². The van der Waals surface area contributed by atoms with Crippen LogP contribution in [0, 0.1) is 0 Å². The molecule has 0 saturated carbocycles. The molecule has 0 bridgehead atoms. The fourth-order valence-electron chi connectivity index (χ4n) is 1.66. The van der Waals surface area contributed by atoms with E-state index in [9.17, 15) is 5.11 Å². The first-order chi connectivity index (χ1) is 8.76. The Morgan fingerprint density at radius 1 is 1.42 bits per heavy atom. The Kier molecular flexibility index (Phi) is 3.59. The number of hydrogen-bond donors (Lipinski definition) is 2. The van der Waals surface area contributed by atoms with Gasteiger partial charge in [-0.05, 0) is 27.7 Å². The van der Waals surface area contributed by atoms with E-state index in [2.05, 4.69) is 10.3 Å². The van der Waals surface area contributed by atoms with Crippen molar-refractivity contribution < 1.29 is 9.84 Å². The van der Waals surface area contributed by atoms with Crippen molar-refractivity contribution in [3.8, 4) is 5.88 Å². The van der Waals surface area contributed by atoms with Crippen molar-refractivity contribution in [2.24, 2.45) is 0 Å². The van der Waals surface area contributed by atoms with Crippen LogP contribution in [0.5, 0.6) is 5.88 Å². The van der Waals surface area contributed by atoms with Gasteiger partial charge in [-0.25, -0.2) is 0 Å². The van der Waals surface area contributed by atoms with E-state index in [1.54, 1.807) is 32.3 Å². The van der Waals surface area contributed by atoms with Crippen molar-refractivity contribution in [2.75, 3.05) is 7.11 Å². The predicted octanol–water partition coefficient (Wildman–Crippen LogP) is 2.04. The van der Waals surface area contributed by atoms with Crippen molar-refractivity contribution >= 4 is 16.3 Å². The average Bonchev–Trinajstić information content (AvgIpc) is 2.84. The number of thiazole rings is 1. The average molecular weight is 283 g/mol. The Morgan fingerprint density at radius 3 is 2.68 bits per heavy atom. The molecule has 6 heteroatoms. The van der Waals surface area contributed by atoms with Gasteiger partial charge in [0.1, 0.15) is 5.69 Å². The Labute approximate surface area is 117 Å². The number of imidazole rings is 1. The maximum absolute atomic E-state index is 10.2. The summed E-state index contributed by atoms with van der Waals surface area (Å²) >= 11 is 1.57. The smallest absolute Gasteiger partial charge is 0.237 e. The van der Waals surface area contributed by atoms with Gasteiger partial charge in [0.2, 0.25) is 5.88 Å². The molecule has 2 N–H and O–H groups in total. The van der Waals surface area contributed by atoms with Crippen LogP contribution in [-0.2, 0) is 6.54 Å². The molecule has 0 saturated heterocycles. The molecule has 2 heterocycles. The second-order valence-corrected chi connectivity index (χ2v) is 6.53. The summed E-state index contributed by atoms with van der Waals surface area (Å²) in [5, 5.41) is 15.5. The van der Waals surface area contributed by atoms with Gasteiger partial charge in [-0.15, -0.1) is 11.3 Å². The van der Waals surface area contributed by atoms with E-state index in [-0.39, 0.29) is 0 Å². The Bertz CT molecular complexity index is 566. The lowest BCUT2D eigenvalue weighted by molar-refractivity contribution is -0.00556. The third-order valence-corrected chi connectivity index (χ3v) is 4.50. The molecule has 0 aliphatic heterocycles. The van der Waals surface area contributed by atoms with E-state index in [0.29, 0.717) is 12.4 Å². The van der Waals surface area contributed by atoms with Gasteiger partial charge >= 0.3 is 0 Å². The number of nitrogens with one attached hydrogen (secondary N) is 1. The molecule has 2 aromatic heterocycles. The molecule has 0 amide bonds. The van der Waals surface area contributed by atoms with Crippen LogP contribution in [0.15, 0.2) is 11.6 Å². The number of fused-ring (bicyclic) bond motifs is 1. The van der Waals surface area contributed by atoms with E-state index in [4.69, 9.17) is 4.74 Å². The first-order valence-corrected chi connectivity index (χ1v) is 7.10. The summed E-state index contributed by atoms with van der Waals surface area (Å²) in [5.41, 5.74) is -0.271. The molecule has 106 valence electrons. The van der Waals surface area contributed by atoms with Gasteiger partial charge in [-0.3, -0.25) is 4.40 Å². The second kappa shape index (κ2) is 4.77. The van der Waals surface area contributed by atoms with Crippen molar-refractivity contribution in [3.05, 3.63) is 17.3 Å². The number of rotatable bonds is 5. The molecule has 0 atom stereocenters. The third-order valence-electron chi connectivity index (χ3n) is 3.74. The number of aliphatic hydroxyl groups is 1. The minimum absolute atomic E-state index is 0.418. The number of nitrogens with zero attached hydrogens (tertiary/aromatic N) is 2. The minimum atomic E-state index is -0.821. The Morgan fingerprint density at radius 2 is 2.11 bits per heavy atom. The molecule has 19 heavy (non-hydrogen) atoms. The summed E-state index contributed by atoms with van der Waals surface area (Å²) in [7, 11) is 1.62. The molecule has 0 aliphatic rings. The molecule has 0 fully saturated rings. The number of methoxy groups -OCH3 is 1. The fourth-order valence-corrected chi connectivity index (χ4v) is 2.38. The minimum Gasteiger partial charge on any atom is -0.480 e. The van der Waals surface area contributed by atoms with Gasteiger partial charge in [0.05, 0.1) is 12.7 Å². The van der Waals surface area contributed by atoms with E-state index in [1.807, 2.05) is 29.8 Å². The summed E-state index contributed by atoms with van der Waals surface area (Å²) in [6.45, 7) is 8.14. The number of ether oxygens (including phenoxy) is 1. The van der Waals surface area contributed by atoms with E-state index < -0.39 is 11.1 Å². The molecule has 0 aromatic carbocycles. The lowest BCUT2D eigenvalue weighted by atomic mass is 9.86. The highest BCUT2D eigenvalue weighted by Gasteiger charge is 2.34. The van der Waals surface area contributed by atoms with Gasteiger partial charge in [0.15, 0.2) is 4.96 Å². The van der Waals surface area contributed by atoms with E-state index >= 15 is 0 Å². The van der Waals surface area contributed by atoms with Crippen LogP contribution in [-0.4, -0.2) is 32.7 Å². The molecular weight excluding hydrogens is 262 g/mol. The van der Waals surface area contributed by atoms with Gasteiger partial charge in [-0.2, -0.15) is 4.98 Å². The second-order valence-electron chi connectivity index (χ2n) is 5.66. The standard InChI is InChI=1S/C13H21N3O2S/c1-12(2,13(3,4)17)14-8-9-10(18-5)15-11-16(9)6-7-19-11/h6-7,14,17H,8H2,1-5H3. The van der Waals surface area contributed by atoms with Crippen molar-refractivity contribution in [3.63, 3.8) is 0 Å². The summed E-state index contributed by atoms with van der Waals surface area (Å²) in [5.74, 6) is 0.630. The highest BCUT2D eigenvalue weighted by Crippen LogP contribution is 2.25. The molecule has 0 radical (unpaired) electrons. The molecule has 0 aliphatic carbocycles. The van der Waals surface area contributed by atoms with Crippen LogP contribution in [0.3, 0.4) is 0 Å². The Hall–Kier alpha value is -1.11. The third kappa shape index (κ3) is 2.61. The zero-order valence-corrected chi connectivity index (χ0v) is 12.8. The van der Waals surface area contributed by atoms with Gasteiger partial charge in [0, 0.05) is 23.7 Å². The highest BCUT2D eigenvalue weighted by molar-refractivity contribution is 7.15. The SMILES string of the molecule is COc1nc2sccn2c1CNC(C)(C)C(C)(C)O. The van der Waals surface area contributed by atoms with Gasteiger partial charge in [0.25, 0.3) is 0 Å². The molecule has 0 unspecified atom stereocenters. The highest BCUT2D eigenvalue weighted by atomic mass is 32.1.